The van der Waals surface area contributed by atoms with E-state index in [4.69, 9.17) is 5.11 Å². The number of aryl methyl sites for hydroxylation is 1. The monoisotopic (exact) mass is 234 g/mol. The lowest BCUT2D eigenvalue weighted by Crippen LogP contribution is -2.01. The highest BCUT2D eigenvalue weighted by Gasteiger charge is 2.17. The van der Waals surface area contributed by atoms with Crippen LogP contribution in [-0.4, -0.2) is 33.7 Å². The minimum Gasteiger partial charge on any atom is -0.478 e. The number of carboxylic acids is 1. The Hall–Kier alpha value is -2.37. The van der Waals surface area contributed by atoms with Crippen molar-refractivity contribution in [1.82, 2.24) is 9.55 Å². The van der Waals surface area contributed by atoms with Gasteiger partial charge in [0.2, 0.25) is 0 Å². The highest BCUT2D eigenvalue weighted by molar-refractivity contribution is 6.03. The summed E-state index contributed by atoms with van der Waals surface area (Å²) in [5, 5.41) is 8.86. The van der Waals surface area contributed by atoms with Gasteiger partial charge < -0.3 is 14.4 Å². The van der Waals surface area contributed by atoms with Gasteiger partial charge >= 0.3 is 11.9 Å². The molecule has 2 aromatic rings. The molecule has 0 aliphatic carbocycles. The Bertz CT molecular complexity index is 615. The standard InChI is InChI=1S/C11H10N2O4/c1-13-5-7(11(16)17-2)9-8(13)3-6(4-12-9)10(14)15/h3-5H,1-2H3,(H,14,15). The van der Waals surface area contributed by atoms with Gasteiger partial charge in [0.15, 0.2) is 0 Å². The van der Waals surface area contributed by atoms with E-state index in [1.165, 1.54) is 19.4 Å². The second-order valence-electron chi connectivity index (χ2n) is 3.54. The fourth-order valence-electron chi connectivity index (χ4n) is 1.63. The average molecular weight is 234 g/mol. The van der Waals surface area contributed by atoms with Crippen molar-refractivity contribution in [3.8, 4) is 0 Å². The van der Waals surface area contributed by atoms with E-state index in [2.05, 4.69) is 9.72 Å². The number of rotatable bonds is 2. The maximum Gasteiger partial charge on any atom is 0.341 e. The molecule has 0 aliphatic rings. The second kappa shape index (κ2) is 3.89. The van der Waals surface area contributed by atoms with Gasteiger partial charge in [0.05, 0.1) is 18.2 Å². The van der Waals surface area contributed by atoms with E-state index < -0.39 is 11.9 Å². The molecule has 2 heterocycles. The Morgan fingerprint density at radius 2 is 2.18 bits per heavy atom. The molecule has 0 saturated heterocycles. The van der Waals surface area contributed by atoms with Crippen molar-refractivity contribution in [3.63, 3.8) is 0 Å². The molecule has 0 saturated carbocycles. The molecule has 0 aromatic carbocycles. The van der Waals surface area contributed by atoms with E-state index in [1.54, 1.807) is 17.8 Å². The first-order chi connectivity index (χ1) is 8.04. The SMILES string of the molecule is COC(=O)c1cn(C)c2cc(C(=O)O)cnc12. The van der Waals surface area contributed by atoms with Crippen LogP contribution in [0.1, 0.15) is 20.7 Å². The molecule has 1 N–H and O–H groups in total. The number of esters is 1. The Morgan fingerprint density at radius 1 is 1.47 bits per heavy atom. The molecule has 0 atom stereocenters. The highest BCUT2D eigenvalue weighted by atomic mass is 16.5. The largest absolute Gasteiger partial charge is 0.478 e. The average Bonchev–Trinajstić information content (AvgIpc) is 2.65. The van der Waals surface area contributed by atoms with Crippen molar-refractivity contribution >= 4 is 23.0 Å². The molecule has 6 heteroatoms. The van der Waals surface area contributed by atoms with Gasteiger partial charge in [-0.2, -0.15) is 0 Å². The molecular weight excluding hydrogens is 224 g/mol. The lowest BCUT2D eigenvalue weighted by Gasteiger charge is -1.98. The summed E-state index contributed by atoms with van der Waals surface area (Å²) in [5.74, 6) is -1.55. The molecule has 0 spiro atoms. The van der Waals surface area contributed by atoms with E-state index in [-0.39, 0.29) is 5.56 Å². The number of methoxy groups -OCH3 is 1. The number of carbonyl (C=O) groups is 2. The van der Waals surface area contributed by atoms with E-state index in [0.29, 0.717) is 16.6 Å². The summed E-state index contributed by atoms with van der Waals surface area (Å²) in [6.45, 7) is 0. The van der Waals surface area contributed by atoms with Crippen LogP contribution in [0.4, 0.5) is 0 Å². The first-order valence-electron chi connectivity index (χ1n) is 4.81. The summed E-state index contributed by atoms with van der Waals surface area (Å²) in [4.78, 5) is 26.3. The van der Waals surface area contributed by atoms with Gasteiger partial charge in [0.25, 0.3) is 0 Å². The minimum atomic E-state index is -1.06. The third kappa shape index (κ3) is 1.73. The summed E-state index contributed by atoms with van der Waals surface area (Å²) in [6, 6.07) is 1.47. The first kappa shape index (κ1) is 11.1. The van der Waals surface area contributed by atoms with Crippen LogP contribution < -0.4 is 0 Å². The molecule has 0 unspecified atom stereocenters. The van der Waals surface area contributed by atoms with Crippen molar-refractivity contribution in [2.24, 2.45) is 7.05 Å². The fourth-order valence-corrected chi connectivity index (χ4v) is 1.63. The summed E-state index contributed by atoms with van der Waals surface area (Å²) in [5.41, 5.74) is 1.41. The maximum absolute atomic E-state index is 11.5. The molecule has 0 radical (unpaired) electrons. The van der Waals surface area contributed by atoms with Crippen LogP contribution in [0.5, 0.6) is 0 Å². The normalized spacial score (nSPS) is 10.5. The minimum absolute atomic E-state index is 0.0788. The second-order valence-corrected chi connectivity index (χ2v) is 3.54. The maximum atomic E-state index is 11.5. The van der Waals surface area contributed by atoms with Gasteiger partial charge in [-0.05, 0) is 6.07 Å². The summed E-state index contributed by atoms with van der Waals surface area (Å²) in [7, 11) is 2.99. The third-order valence-electron chi connectivity index (χ3n) is 2.48. The zero-order chi connectivity index (χ0) is 12.6. The number of hydrogen-bond acceptors (Lipinski definition) is 4. The van der Waals surface area contributed by atoms with Crippen LogP contribution in [0.15, 0.2) is 18.5 Å². The van der Waals surface area contributed by atoms with Gasteiger partial charge in [0.1, 0.15) is 11.1 Å². The van der Waals surface area contributed by atoms with E-state index in [0.717, 1.165) is 0 Å². The van der Waals surface area contributed by atoms with Crippen LogP contribution in [0.3, 0.4) is 0 Å². The van der Waals surface area contributed by atoms with Crippen LogP contribution in [0.25, 0.3) is 11.0 Å². The first-order valence-corrected chi connectivity index (χ1v) is 4.81. The number of ether oxygens (including phenoxy) is 1. The van der Waals surface area contributed by atoms with Gasteiger partial charge in [-0.1, -0.05) is 0 Å². The predicted octanol–water partition coefficient (Wildman–Crippen LogP) is 1.06. The molecule has 0 fully saturated rings. The number of aromatic nitrogens is 2. The summed E-state index contributed by atoms with van der Waals surface area (Å²) in [6.07, 6.45) is 2.78. The molecule has 2 aromatic heterocycles. The van der Waals surface area contributed by atoms with Crippen LogP contribution in [-0.2, 0) is 11.8 Å². The van der Waals surface area contributed by atoms with Gasteiger partial charge in [-0.15, -0.1) is 0 Å². The number of aromatic carboxylic acids is 1. The van der Waals surface area contributed by atoms with Crippen LogP contribution in [0.2, 0.25) is 0 Å². The molecule has 2 rings (SSSR count). The fraction of sp³-hybridized carbons (Fsp3) is 0.182. The summed E-state index contributed by atoms with van der Waals surface area (Å²) >= 11 is 0. The van der Waals surface area contributed by atoms with Crippen molar-refractivity contribution in [3.05, 3.63) is 29.6 Å². The van der Waals surface area contributed by atoms with Gasteiger partial charge in [-0.25, -0.2) is 9.59 Å². The van der Waals surface area contributed by atoms with E-state index >= 15 is 0 Å². The number of carbonyl (C=O) groups excluding carboxylic acids is 1. The van der Waals surface area contributed by atoms with Crippen molar-refractivity contribution in [2.75, 3.05) is 7.11 Å². The number of fused-ring (bicyclic) bond motifs is 1. The predicted molar refractivity (Wildman–Crippen MR) is 59.0 cm³/mol. The van der Waals surface area contributed by atoms with Crippen LogP contribution in [0, 0.1) is 0 Å². The third-order valence-corrected chi connectivity index (χ3v) is 2.48. The molecule has 0 amide bonds. The van der Waals surface area contributed by atoms with Gasteiger partial charge in [-0.3, -0.25) is 4.98 Å². The Balaban J connectivity index is 2.69. The smallest absolute Gasteiger partial charge is 0.341 e. The zero-order valence-electron chi connectivity index (χ0n) is 9.30. The highest BCUT2D eigenvalue weighted by Crippen LogP contribution is 2.20. The van der Waals surface area contributed by atoms with Crippen molar-refractivity contribution in [1.29, 1.82) is 0 Å². The molecule has 6 nitrogen and oxygen atoms in total. The van der Waals surface area contributed by atoms with E-state index in [1.807, 2.05) is 0 Å². The van der Waals surface area contributed by atoms with Gasteiger partial charge in [0, 0.05) is 19.4 Å². The molecule has 88 valence electrons. The summed E-state index contributed by atoms with van der Waals surface area (Å²) < 4.78 is 6.27. The topological polar surface area (TPSA) is 81.4 Å². The van der Waals surface area contributed by atoms with Crippen molar-refractivity contribution in [2.45, 2.75) is 0 Å². The molecular formula is C11H10N2O4. The lowest BCUT2D eigenvalue weighted by molar-refractivity contribution is 0.0601. The molecule has 0 bridgehead atoms. The lowest BCUT2D eigenvalue weighted by atomic mass is 10.2. The number of nitrogens with zero attached hydrogens (tertiary/aromatic N) is 2. The Morgan fingerprint density at radius 3 is 2.76 bits per heavy atom. The number of carboxylic acid groups (broad SMARTS) is 1. The Kier molecular flexibility index (Phi) is 2.55. The number of hydrogen-bond donors (Lipinski definition) is 1. The Labute approximate surface area is 96.4 Å². The number of pyridine rings is 1. The zero-order valence-corrected chi connectivity index (χ0v) is 9.30. The quantitative estimate of drug-likeness (QED) is 0.785. The molecule has 17 heavy (non-hydrogen) atoms. The van der Waals surface area contributed by atoms with Crippen molar-refractivity contribution < 1.29 is 19.4 Å². The van der Waals surface area contributed by atoms with Crippen LogP contribution >= 0.6 is 0 Å². The molecule has 0 aliphatic heterocycles. The van der Waals surface area contributed by atoms with E-state index in [9.17, 15) is 9.59 Å².